The number of rotatable bonds is 4. The Morgan fingerprint density at radius 2 is 1.76 bits per heavy atom. The highest BCUT2D eigenvalue weighted by Crippen LogP contribution is 2.31. The summed E-state index contributed by atoms with van der Waals surface area (Å²) in [6.07, 6.45) is 4.12. The first-order valence-corrected chi connectivity index (χ1v) is 11.7. The van der Waals surface area contributed by atoms with Crippen molar-refractivity contribution in [2.45, 2.75) is 51.5 Å². The number of fused-ring (bicyclic) bond motifs is 1. The van der Waals surface area contributed by atoms with Crippen molar-refractivity contribution in [3.05, 3.63) is 70.3 Å². The maximum atomic E-state index is 13.3. The normalized spacial score (nSPS) is 16.8. The van der Waals surface area contributed by atoms with Gasteiger partial charge in [-0.25, -0.2) is 0 Å². The maximum Gasteiger partial charge on any atom is 0.274 e. The van der Waals surface area contributed by atoms with Crippen LogP contribution in [0.15, 0.2) is 36.5 Å². The van der Waals surface area contributed by atoms with Crippen molar-refractivity contribution in [2.75, 3.05) is 19.6 Å². The number of amides is 2. The molecule has 1 fully saturated rings. The minimum Gasteiger partial charge on any atom is -0.337 e. The molecule has 33 heavy (non-hydrogen) atoms. The van der Waals surface area contributed by atoms with E-state index in [1.54, 1.807) is 6.20 Å². The average molecular weight is 447 g/mol. The van der Waals surface area contributed by atoms with E-state index in [9.17, 15) is 9.59 Å². The molecule has 1 saturated heterocycles. The van der Waals surface area contributed by atoms with E-state index in [1.807, 2.05) is 21.9 Å². The van der Waals surface area contributed by atoms with Gasteiger partial charge >= 0.3 is 0 Å². The van der Waals surface area contributed by atoms with E-state index < -0.39 is 0 Å². The van der Waals surface area contributed by atoms with Crippen molar-refractivity contribution in [3.8, 4) is 0 Å². The molecule has 0 radical (unpaired) electrons. The lowest BCUT2D eigenvalue weighted by Gasteiger charge is -2.32. The lowest BCUT2D eigenvalue weighted by Crippen LogP contribution is -2.39. The fourth-order valence-corrected chi connectivity index (χ4v) is 4.89. The maximum absolute atomic E-state index is 13.3. The Balaban J connectivity index is 1.24. The first-order chi connectivity index (χ1) is 16.0. The first-order valence-electron chi connectivity index (χ1n) is 11.7. The molecular formula is C25H30N6O2. The molecule has 0 bridgehead atoms. The number of piperidine rings is 1. The van der Waals surface area contributed by atoms with Gasteiger partial charge < -0.3 is 9.80 Å². The molecule has 2 aliphatic heterocycles. The summed E-state index contributed by atoms with van der Waals surface area (Å²) in [4.78, 5) is 30.0. The van der Waals surface area contributed by atoms with Crippen LogP contribution >= 0.6 is 0 Å². The first kappa shape index (κ1) is 21.4. The number of carbonyl (C=O) groups is 2. The number of hydrogen-bond acceptors (Lipinski definition) is 4. The highest BCUT2D eigenvalue weighted by molar-refractivity contribution is 5.95. The Hall–Kier alpha value is -3.42. The standard InChI is InChI=1S/C25H30N6O2/c1-16(2)21-13-22(28-27-21)25(33)30-10-8-18(9-11-30)23-20(14-26-29-23)24(32)31-12-7-17-5-3-4-6-19(17)15-31/h3-6,13-14,16,18H,7-12,15H2,1-2H3,(H,26,29)(H,27,28). The number of aromatic nitrogens is 4. The molecule has 2 amide bonds. The Labute approximate surface area is 193 Å². The molecule has 8 heteroatoms. The summed E-state index contributed by atoms with van der Waals surface area (Å²) in [6, 6.07) is 10.2. The smallest absolute Gasteiger partial charge is 0.274 e. The zero-order chi connectivity index (χ0) is 22.9. The number of aromatic amines is 2. The Morgan fingerprint density at radius 1 is 1.00 bits per heavy atom. The Morgan fingerprint density at radius 3 is 2.48 bits per heavy atom. The molecule has 2 aliphatic rings. The molecule has 4 heterocycles. The molecule has 2 aromatic heterocycles. The minimum atomic E-state index is -0.0375. The van der Waals surface area contributed by atoms with Gasteiger partial charge in [0.15, 0.2) is 0 Å². The van der Waals surface area contributed by atoms with Crippen LogP contribution in [0, 0.1) is 0 Å². The van der Waals surface area contributed by atoms with Gasteiger partial charge in [0.05, 0.1) is 17.5 Å². The molecule has 8 nitrogen and oxygen atoms in total. The number of benzene rings is 1. The third kappa shape index (κ3) is 4.17. The predicted octanol–water partition coefficient (Wildman–Crippen LogP) is 3.47. The molecule has 0 aliphatic carbocycles. The summed E-state index contributed by atoms with van der Waals surface area (Å²) in [6.45, 7) is 6.76. The van der Waals surface area contributed by atoms with Crippen LogP contribution in [0.25, 0.3) is 0 Å². The summed E-state index contributed by atoms with van der Waals surface area (Å²) < 4.78 is 0. The Kier molecular flexibility index (Phi) is 5.74. The van der Waals surface area contributed by atoms with Crippen molar-refractivity contribution in [3.63, 3.8) is 0 Å². The topological polar surface area (TPSA) is 98.0 Å². The van der Waals surface area contributed by atoms with Crippen molar-refractivity contribution in [1.29, 1.82) is 0 Å². The molecule has 2 N–H and O–H groups in total. The molecule has 0 saturated carbocycles. The second-order valence-electron chi connectivity index (χ2n) is 9.37. The quantitative estimate of drug-likeness (QED) is 0.641. The van der Waals surface area contributed by atoms with Gasteiger partial charge in [0.1, 0.15) is 5.69 Å². The molecular weight excluding hydrogens is 416 g/mol. The fourth-order valence-electron chi connectivity index (χ4n) is 4.89. The number of nitrogens with zero attached hydrogens (tertiary/aromatic N) is 4. The van der Waals surface area contributed by atoms with Crippen LogP contribution in [0.1, 0.15) is 81.9 Å². The van der Waals surface area contributed by atoms with Crippen molar-refractivity contribution >= 4 is 11.8 Å². The summed E-state index contributed by atoms with van der Waals surface area (Å²) in [5.41, 5.74) is 5.53. The highest BCUT2D eigenvalue weighted by atomic mass is 16.2. The monoisotopic (exact) mass is 446 g/mol. The predicted molar refractivity (Wildman–Crippen MR) is 124 cm³/mol. The number of H-pyrrole nitrogens is 2. The van der Waals surface area contributed by atoms with Gasteiger partial charge in [-0.1, -0.05) is 38.1 Å². The number of likely N-dealkylation sites (tertiary alicyclic amines) is 1. The van der Waals surface area contributed by atoms with Crippen LogP contribution in [-0.2, 0) is 13.0 Å². The molecule has 5 rings (SSSR count). The van der Waals surface area contributed by atoms with E-state index in [0.717, 1.165) is 37.2 Å². The van der Waals surface area contributed by atoms with Crippen LogP contribution in [0.2, 0.25) is 0 Å². The van der Waals surface area contributed by atoms with Crippen LogP contribution < -0.4 is 0 Å². The largest absolute Gasteiger partial charge is 0.337 e. The van der Waals surface area contributed by atoms with Crippen LogP contribution in [-0.4, -0.2) is 61.6 Å². The van der Waals surface area contributed by atoms with Crippen LogP contribution in [0.4, 0.5) is 0 Å². The van der Waals surface area contributed by atoms with Gasteiger partial charge in [0.2, 0.25) is 0 Å². The zero-order valence-electron chi connectivity index (χ0n) is 19.2. The molecule has 3 aromatic rings. The van der Waals surface area contributed by atoms with Gasteiger partial charge in [-0.05, 0) is 42.4 Å². The van der Waals surface area contributed by atoms with Gasteiger partial charge in [-0.2, -0.15) is 10.2 Å². The van der Waals surface area contributed by atoms with E-state index >= 15 is 0 Å². The highest BCUT2D eigenvalue weighted by Gasteiger charge is 2.31. The molecule has 0 unspecified atom stereocenters. The molecule has 0 spiro atoms. The number of carbonyl (C=O) groups excluding carboxylic acids is 2. The van der Waals surface area contributed by atoms with Crippen molar-refractivity contribution in [1.82, 2.24) is 30.2 Å². The number of hydrogen-bond donors (Lipinski definition) is 2. The molecule has 172 valence electrons. The third-order valence-corrected chi connectivity index (χ3v) is 6.95. The lowest BCUT2D eigenvalue weighted by atomic mass is 9.90. The molecule has 1 aromatic carbocycles. The van der Waals surface area contributed by atoms with Crippen LogP contribution in [0.3, 0.4) is 0 Å². The van der Waals surface area contributed by atoms with Crippen molar-refractivity contribution < 1.29 is 9.59 Å². The third-order valence-electron chi connectivity index (χ3n) is 6.95. The van der Waals surface area contributed by atoms with Crippen molar-refractivity contribution in [2.24, 2.45) is 0 Å². The minimum absolute atomic E-state index is 0.0319. The average Bonchev–Trinajstić information content (AvgIpc) is 3.53. The van der Waals surface area contributed by atoms with Gasteiger partial charge in [0, 0.05) is 37.8 Å². The van der Waals surface area contributed by atoms with E-state index in [-0.39, 0.29) is 17.7 Å². The lowest BCUT2D eigenvalue weighted by molar-refractivity contribution is 0.0695. The van der Waals surface area contributed by atoms with Gasteiger partial charge in [0.25, 0.3) is 11.8 Å². The van der Waals surface area contributed by atoms with Gasteiger partial charge in [-0.3, -0.25) is 19.8 Å². The summed E-state index contributed by atoms with van der Waals surface area (Å²) in [7, 11) is 0. The van der Waals surface area contributed by atoms with Crippen LogP contribution in [0.5, 0.6) is 0 Å². The second kappa shape index (κ2) is 8.84. The summed E-state index contributed by atoms with van der Waals surface area (Å²) in [5.74, 6) is 0.474. The Bertz CT molecular complexity index is 1160. The second-order valence-corrected chi connectivity index (χ2v) is 9.37. The fraction of sp³-hybridized carbons (Fsp3) is 0.440. The zero-order valence-corrected chi connectivity index (χ0v) is 19.2. The SMILES string of the molecule is CC(C)c1cc(C(=O)N2CCC(c3[nH]ncc3C(=O)N3CCc4ccccc4C3)CC2)n[nH]1. The van der Waals surface area contributed by atoms with E-state index in [4.69, 9.17) is 0 Å². The van der Waals surface area contributed by atoms with E-state index in [1.165, 1.54) is 11.1 Å². The van der Waals surface area contributed by atoms with E-state index in [0.29, 0.717) is 36.8 Å². The van der Waals surface area contributed by atoms with E-state index in [2.05, 4.69) is 52.4 Å². The summed E-state index contributed by atoms with van der Waals surface area (Å²) >= 11 is 0. The van der Waals surface area contributed by atoms with Gasteiger partial charge in [-0.15, -0.1) is 0 Å². The molecule has 0 atom stereocenters. The summed E-state index contributed by atoms with van der Waals surface area (Å²) in [5, 5.41) is 14.5. The number of nitrogens with one attached hydrogen (secondary N) is 2.